The molecular formula is C25H20F3N3O. The highest BCUT2D eigenvalue weighted by molar-refractivity contribution is 6.02. The molecule has 1 heterocycles. The highest BCUT2D eigenvalue weighted by atomic mass is 19.4. The minimum atomic E-state index is -4.38. The van der Waals surface area contributed by atoms with E-state index >= 15 is 0 Å². The van der Waals surface area contributed by atoms with Gasteiger partial charge in [-0.2, -0.15) is 13.2 Å². The maximum absolute atomic E-state index is 12.9. The first-order chi connectivity index (χ1) is 15.2. The minimum absolute atomic E-state index is 0.261. The predicted molar refractivity (Wildman–Crippen MR) is 119 cm³/mol. The number of carbonyl (C=O) groups excluding carboxylic acids is 1. The molecule has 4 nitrogen and oxygen atoms in total. The van der Waals surface area contributed by atoms with E-state index in [1.54, 1.807) is 30.5 Å². The van der Waals surface area contributed by atoms with Crippen molar-refractivity contribution in [3.8, 4) is 11.1 Å². The second-order valence-corrected chi connectivity index (χ2v) is 7.49. The Balaban J connectivity index is 1.62. The molecule has 3 aromatic carbocycles. The molecule has 0 unspecified atom stereocenters. The van der Waals surface area contributed by atoms with Gasteiger partial charge in [-0.25, -0.2) is 4.98 Å². The monoisotopic (exact) mass is 435 g/mol. The number of aromatic nitrogens is 1. The van der Waals surface area contributed by atoms with Crippen LogP contribution in [0.1, 0.15) is 34.5 Å². The van der Waals surface area contributed by atoms with Crippen molar-refractivity contribution >= 4 is 22.5 Å². The van der Waals surface area contributed by atoms with Gasteiger partial charge in [0, 0.05) is 17.3 Å². The zero-order valence-corrected chi connectivity index (χ0v) is 17.1. The van der Waals surface area contributed by atoms with E-state index in [1.165, 1.54) is 12.1 Å². The number of amides is 1. The quantitative estimate of drug-likeness (QED) is 0.414. The molecule has 0 aliphatic carbocycles. The van der Waals surface area contributed by atoms with E-state index in [2.05, 4.69) is 10.3 Å². The number of carbonyl (C=O) groups is 1. The van der Waals surface area contributed by atoms with Crippen molar-refractivity contribution in [2.75, 3.05) is 5.73 Å². The number of nitrogens with one attached hydrogen (secondary N) is 1. The van der Waals surface area contributed by atoms with Crippen LogP contribution in [0.15, 0.2) is 79.0 Å². The smallest absolute Gasteiger partial charge is 0.383 e. The van der Waals surface area contributed by atoms with Gasteiger partial charge >= 0.3 is 6.18 Å². The van der Waals surface area contributed by atoms with Crippen LogP contribution in [0.5, 0.6) is 0 Å². The number of alkyl halides is 3. The lowest BCUT2D eigenvalue weighted by molar-refractivity contribution is -0.137. The fraction of sp³-hybridized carbons (Fsp3) is 0.120. The molecule has 3 N–H and O–H groups in total. The molecule has 0 radical (unpaired) electrons. The van der Waals surface area contributed by atoms with Crippen LogP contribution in [0.25, 0.3) is 21.9 Å². The van der Waals surface area contributed by atoms with Crippen LogP contribution in [0.2, 0.25) is 0 Å². The second-order valence-electron chi connectivity index (χ2n) is 7.49. The lowest BCUT2D eigenvalue weighted by Crippen LogP contribution is -2.27. The van der Waals surface area contributed by atoms with Crippen LogP contribution in [-0.2, 0) is 6.18 Å². The second kappa shape index (κ2) is 8.34. The third-order valence-electron chi connectivity index (χ3n) is 5.35. The maximum Gasteiger partial charge on any atom is 0.416 e. The van der Waals surface area contributed by atoms with Gasteiger partial charge in [0.1, 0.15) is 5.82 Å². The normalized spacial score (nSPS) is 12.5. The summed E-state index contributed by atoms with van der Waals surface area (Å²) in [6.07, 6.45) is -2.79. The van der Waals surface area contributed by atoms with Gasteiger partial charge in [0.2, 0.25) is 0 Å². The van der Waals surface area contributed by atoms with Crippen LogP contribution >= 0.6 is 0 Å². The third kappa shape index (κ3) is 4.27. The summed E-state index contributed by atoms with van der Waals surface area (Å²) >= 11 is 0. The summed E-state index contributed by atoms with van der Waals surface area (Å²) < 4.78 is 38.6. The molecule has 0 aliphatic rings. The number of pyridine rings is 1. The van der Waals surface area contributed by atoms with Gasteiger partial charge in [0.25, 0.3) is 5.91 Å². The average molecular weight is 435 g/mol. The molecule has 0 bridgehead atoms. The number of nitrogen functional groups attached to an aromatic ring is 1. The Kier molecular flexibility index (Phi) is 5.57. The van der Waals surface area contributed by atoms with E-state index in [1.807, 2.05) is 31.2 Å². The molecule has 0 fully saturated rings. The summed E-state index contributed by atoms with van der Waals surface area (Å²) in [5.41, 5.74) is 7.86. The van der Waals surface area contributed by atoms with E-state index in [-0.39, 0.29) is 11.9 Å². The third-order valence-corrected chi connectivity index (χ3v) is 5.35. The van der Waals surface area contributed by atoms with E-state index < -0.39 is 11.7 Å². The van der Waals surface area contributed by atoms with Gasteiger partial charge in [-0.3, -0.25) is 4.79 Å². The van der Waals surface area contributed by atoms with Gasteiger partial charge in [-0.1, -0.05) is 42.5 Å². The topological polar surface area (TPSA) is 68.0 Å². The van der Waals surface area contributed by atoms with Gasteiger partial charge in [-0.15, -0.1) is 0 Å². The van der Waals surface area contributed by atoms with E-state index in [9.17, 15) is 18.0 Å². The van der Waals surface area contributed by atoms with Gasteiger partial charge in [0.05, 0.1) is 11.6 Å². The Labute approximate surface area is 182 Å². The molecule has 0 spiro atoms. The average Bonchev–Trinajstić information content (AvgIpc) is 2.78. The van der Waals surface area contributed by atoms with Crippen molar-refractivity contribution in [3.63, 3.8) is 0 Å². The molecule has 0 saturated carbocycles. The number of benzene rings is 3. The van der Waals surface area contributed by atoms with Crippen molar-refractivity contribution in [2.45, 2.75) is 19.1 Å². The molecular weight excluding hydrogens is 415 g/mol. The van der Waals surface area contributed by atoms with Gasteiger partial charge in [-0.05, 0) is 59.2 Å². The van der Waals surface area contributed by atoms with Crippen molar-refractivity contribution < 1.29 is 18.0 Å². The zero-order valence-electron chi connectivity index (χ0n) is 17.1. The first-order valence-corrected chi connectivity index (χ1v) is 9.96. The summed E-state index contributed by atoms with van der Waals surface area (Å²) in [6, 6.07) is 19.1. The number of fused-ring (bicyclic) bond motifs is 1. The summed E-state index contributed by atoms with van der Waals surface area (Å²) in [5, 5.41) is 4.57. The first kappa shape index (κ1) is 21.4. The van der Waals surface area contributed by atoms with E-state index in [4.69, 9.17) is 5.73 Å². The molecule has 0 aliphatic heterocycles. The molecule has 4 aromatic rings. The molecule has 1 aromatic heterocycles. The predicted octanol–water partition coefficient (Wildman–Crippen LogP) is 5.99. The van der Waals surface area contributed by atoms with E-state index in [0.29, 0.717) is 16.9 Å². The Hall–Kier alpha value is -3.87. The summed E-state index contributed by atoms with van der Waals surface area (Å²) in [4.78, 5) is 16.8. The molecule has 7 heteroatoms. The molecule has 1 atom stereocenters. The number of nitrogens with zero attached hydrogens (tertiary/aromatic N) is 1. The molecule has 0 saturated heterocycles. The number of rotatable bonds is 4. The number of nitrogens with two attached hydrogens (primary N) is 1. The van der Waals surface area contributed by atoms with Crippen molar-refractivity contribution in [1.29, 1.82) is 0 Å². The SMILES string of the molecule is C[C@H](NC(=O)c1ccc2c(-c3ccc(C(F)(F)F)cc3)cccc2c1)c1cccnc1N. The highest BCUT2D eigenvalue weighted by Gasteiger charge is 2.30. The van der Waals surface area contributed by atoms with Crippen molar-refractivity contribution in [2.24, 2.45) is 0 Å². The van der Waals surface area contributed by atoms with Crippen LogP contribution in [-0.4, -0.2) is 10.9 Å². The Morgan fingerprint density at radius 2 is 1.75 bits per heavy atom. The Morgan fingerprint density at radius 1 is 1.00 bits per heavy atom. The van der Waals surface area contributed by atoms with E-state index in [0.717, 1.165) is 34.0 Å². The summed E-state index contributed by atoms with van der Waals surface area (Å²) in [6.45, 7) is 1.83. The first-order valence-electron chi connectivity index (χ1n) is 9.96. The maximum atomic E-state index is 12.9. The summed E-state index contributed by atoms with van der Waals surface area (Å²) in [5.74, 6) is 0.0996. The fourth-order valence-electron chi connectivity index (χ4n) is 3.67. The molecule has 32 heavy (non-hydrogen) atoms. The largest absolute Gasteiger partial charge is 0.416 e. The molecule has 162 valence electrons. The number of hydrogen-bond donors (Lipinski definition) is 2. The molecule has 1 amide bonds. The summed E-state index contributed by atoms with van der Waals surface area (Å²) in [7, 11) is 0. The number of anilines is 1. The van der Waals surface area contributed by atoms with Crippen molar-refractivity contribution in [3.05, 3.63) is 95.7 Å². The number of hydrogen-bond acceptors (Lipinski definition) is 3. The fourth-order valence-corrected chi connectivity index (χ4v) is 3.67. The Bertz CT molecular complexity index is 1280. The number of halogens is 3. The van der Waals surface area contributed by atoms with Crippen LogP contribution < -0.4 is 11.1 Å². The van der Waals surface area contributed by atoms with Crippen LogP contribution in [0, 0.1) is 0 Å². The lowest BCUT2D eigenvalue weighted by Gasteiger charge is -2.16. The standard InChI is InChI=1S/C25H20F3N3O/c1-15(20-6-3-13-30-23(20)29)31-24(32)18-9-12-22-17(14-18)4-2-5-21(22)16-7-10-19(11-8-16)25(26,27)28/h2-15H,1H3,(H2,29,30)(H,31,32)/t15-/m0/s1. The van der Waals surface area contributed by atoms with Gasteiger partial charge in [0.15, 0.2) is 0 Å². The van der Waals surface area contributed by atoms with Crippen LogP contribution in [0.4, 0.5) is 19.0 Å². The van der Waals surface area contributed by atoms with Gasteiger partial charge < -0.3 is 11.1 Å². The lowest BCUT2D eigenvalue weighted by atomic mass is 9.96. The molecule has 4 rings (SSSR count). The zero-order chi connectivity index (χ0) is 22.9. The highest BCUT2D eigenvalue weighted by Crippen LogP contribution is 2.33. The van der Waals surface area contributed by atoms with Crippen molar-refractivity contribution in [1.82, 2.24) is 10.3 Å². The minimum Gasteiger partial charge on any atom is -0.383 e. The van der Waals surface area contributed by atoms with Crippen LogP contribution in [0.3, 0.4) is 0 Å². The Morgan fingerprint density at radius 3 is 2.44 bits per heavy atom.